The Morgan fingerprint density at radius 2 is 1.35 bits per heavy atom. The van der Waals surface area contributed by atoms with Crippen molar-refractivity contribution in [2.75, 3.05) is 46.2 Å². The quantitative estimate of drug-likeness (QED) is 0.0139. The second-order valence-electron chi connectivity index (χ2n) is 22.1. The highest BCUT2D eigenvalue weighted by Gasteiger charge is 2.59. The van der Waals surface area contributed by atoms with E-state index in [4.69, 9.17) is 45.0 Å². The minimum atomic E-state index is -0.656. The van der Waals surface area contributed by atoms with Gasteiger partial charge in [-0.05, 0) is 149 Å². The van der Waals surface area contributed by atoms with Gasteiger partial charge in [0.05, 0.1) is 38.9 Å². The van der Waals surface area contributed by atoms with Gasteiger partial charge in [-0.2, -0.15) is 0 Å². The van der Waals surface area contributed by atoms with Crippen molar-refractivity contribution in [3.05, 3.63) is 11.6 Å². The highest BCUT2D eigenvalue weighted by Crippen LogP contribution is 2.67. The van der Waals surface area contributed by atoms with Crippen LogP contribution in [0.25, 0.3) is 0 Å². The Labute approximate surface area is 410 Å². The van der Waals surface area contributed by atoms with Crippen LogP contribution in [0.1, 0.15) is 196 Å². The van der Waals surface area contributed by atoms with Crippen LogP contribution in [0.4, 0.5) is 4.79 Å². The number of esters is 2. The lowest BCUT2D eigenvalue weighted by molar-refractivity contribution is -0.144. The molecule has 0 bridgehead atoms. The normalized spacial score (nSPS) is 26.1. The molecular weight excluding hydrogens is 863 g/mol. The summed E-state index contributed by atoms with van der Waals surface area (Å²) < 4.78 is 33.3. The monoisotopic (exact) mass is 956 g/mol. The lowest BCUT2D eigenvalue weighted by atomic mass is 9.47. The summed E-state index contributed by atoms with van der Waals surface area (Å²) in [5.41, 5.74) is 8.17. The summed E-state index contributed by atoms with van der Waals surface area (Å²) in [5.74, 6) is 4.03. The standard InChI is InChI=1S/C55H93N3O10/c1-39(2)14-13-15-40(3)47-22-23-48-46-21-20-43-37-45(24-28-54(43,5)49(46)25-29-55(47,48)6)68-53(62)67-35-34-63-32-33-64-38-44(59)36-42(26-30-65-51(60)18-11-7-9-16-41(4)56)27-31-66-52(61)19-12-8-10-17-50(57)58/h20,39-40,42,45-49,56H,7-19,21-38H2,1-6H3,(H3,57,58). The summed E-state index contributed by atoms with van der Waals surface area (Å²) in [4.78, 5) is 50.2. The Balaban J connectivity index is 1.09. The van der Waals surface area contributed by atoms with Crippen LogP contribution in [0, 0.1) is 63.1 Å². The van der Waals surface area contributed by atoms with Crippen LogP contribution < -0.4 is 5.73 Å². The van der Waals surface area contributed by atoms with Gasteiger partial charge in [0.2, 0.25) is 0 Å². The van der Waals surface area contributed by atoms with Crippen LogP contribution in [0.15, 0.2) is 11.6 Å². The predicted octanol–water partition coefficient (Wildman–Crippen LogP) is 11.9. The molecule has 0 radical (unpaired) electrons. The van der Waals surface area contributed by atoms with Crippen molar-refractivity contribution in [3.8, 4) is 0 Å². The average molecular weight is 956 g/mol. The lowest BCUT2D eigenvalue weighted by Gasteiger charge is -2.58. The summed E-state index contributed by atoms with van der Waals surface area (Å²) in [5, 5.41) is 14.8. The molecule has 0 aromatic rings. The lowest BCUT2D eigenvalue weighted by Crippen LogP contribution is -2.51. The molecule has 0 heterocycles. The summed E-state index contributed by atoms with van der Waals surface area (Å²) in [6.07, 6.45) is 22.7. The SMILES string of the molecule is CC(=N)CCCCCC(=O)OCCC(CCOC(=O)CCCCCC(=N)N)CC(=O)COCCOCCOC(=O)OC1CCC2(C)C(=CCC3C2CCC2(C)C(C(C)CCCC(C)C)CCC32)C1. The smallest absolute Gasteiger partial charge is 0.466 e. The molecule has 9 atom stereocenters. The average Bonchev–Trinajstić information content (AvgIpc) is 3.64. The number of carbonyl (C=O) groups is 4. The number of nitrogens with one attached hydrogen (secondary N) is 2. The number of carbonyl (C=O) groups excluding carboxylic acids is 4. The first-order chi connectivity index (χ1) is 32.5. The number of Topliss-reactive ketones (excluding diaryl/α,β-unsaturated/α-hetero) is 1. The minimum Gasteiger partial charge on any atom is -0.466 e. The first-order valence-electron chi connectivity index (χ1n) is 26.9. The van der Waals surface area contributed by atoms with E-state index in [1.807, 2.05) is 0 Å². The highest BCUT2D eigenvalue weighted by atomic mass is 16.7. The molecule has 4 rings (SSSR count). The van der Waals surface area contributed by atoms with E-state index in [1.54, 1.807) is 6.92 Å². The van der Waals surface area contributed by atoms with Gasteiger partial charge in [0.25, 0.3) is 0 Å². The van der Waals surface area contributed by atoms with Gasteiger partial charge in [-0.15, -0.1) is 0 Å². The van der Waals surface area contributed by atoms with Crippen LogP contribution in [0.5, 0.6) is 0 Å². The predicted molar refractivity (Wildman–Crippen MR) is 267 cm³/mol. The summed E-state index contributed by atoms with van der Waals surface area (Å²) in [6.45, 7) is 15.1. The van der Waals surface area contributed by atoms with Crippen molar-refractivity contribution in [1.29, 1.82) is 10.8 Å². The van der Waals surface area contributed by atoms with Gasteiger partial charge in [0.15, 0.2) is 5.78 Å². The van der Waals surface area contributed by atoms with Gasteiger partial charge in [-0.25, -0.2) is 4.79 Å². The van der Waals surface area contributed by atoms with Crippen LogP contribution in [-0.4, -0.2) is 87.8 Å². The van der Waals surface area contributed by atoms with E-state index in [0.29, 0.717) is 55.6 Å². The van der Waals surface area contributed by atoms with Crippen molar-refractivity contribution in [1.82, 2.24) is 0 Å². The molecule has 3 fully saturated rings. The first-order valence-corrected chi connectivity index (χ1v) is 26.9. The zero-order valence-electron chi connectivity index (χ0n) is 43.3. The van der Waals surface area contributed by atoms with E-state index in [0.717, 1.165) is 87.4 Å². The molecule has 0 aromatic carbocycles. The van der Waals surface area contributed by atoms with Crippen LogP contribution in [0.2, 0.25) is 0 Å². The number of ketones is 1. The molecule has 4 aliphatic carbocycles. The summed E-state index contributed by atoms with van der Waals surface area (Å²) in [7, 11) is 0. The molecule has 9 unspecified atom stereocenters. The molecule has 3 saturated carbocycles. The third-order valence-electron chi connectivity index (χ3n) is 16.5. The fourth-order valence-corrected chi connectivity index (χ4v) is 12.7. The summed E-state index contributed by atoms with van der Waals surface area (Å²) >= 11 is 0. The van der Waals surface area contributed by atoms with Crippen molar-refractivity contribution in [3.63, 3.8) is 0 Å². The minimum absolute atomic E-state index is 0.0628. The van der Waals surface area contributed by atoms with E-state index in [1.165, 1.54) is 50.5 Å². The second-order valence-corrected chi connectivity index (χ2v) is 22.1. The molecule has 13 heteroatoms. The van der Waals surface area contributed by atoms with Crippen LogP contribution in [-0.2, 0) is 42.8 Å². The Morgan fingerprint density at radius 1 is 0.706 bits per heavy atom. The molecule has 0 saturated heterocycles. The maximum atomic E-state index is 12.9. The molecule has 68 heavy (non-hydrogen) atoms. The zero-order valence-corrected chi connectivity index (χ0v) is 43.3. The molecular formula is C55H93N3O10. The first kappa shape index (κ1) is 57.3. The fraction of sp³-hybridized carbons (Fsp3) is 0.855. The zero-order chi connectivity index (χ0) is 49.5. The van der Waals surface area contributed by atoms with Gasteiger partial charge >= 0.3 is 18.1 Å². The molecule has 13 nitrogen and oxygen atoms in total. The Morgan fingerprint density at radius 3 is 2.01 bits per heavy atom. The number of rotatable bonds is 34. The van der Waals surface area contributed by atoms with Gasteiger partial charge in [0, 0.05) is 37.8 Å². The number of amidine groups is 1. The van der Waals surface area contributed by atoms with Crippen molar-refractivity contribution in [2.24, 2.45) is 58.0 Å². The molecule has 4 aliphatic rings. The third-order valence-corrected chi connectivity index (χ3v) is 16.5. The van der Waals surface area contributed by atoms with Gasteiger partial charge in [0.1, 0.15) is 19.3 Å². The Kier molecular flexibility index (Phi) is 25.1. The second kappa shape index (κ2) is 29.8. The van der Waals surface area contributed by atoms with E-state index in [-0.39, 0.29) is 100 Å². The number of unbranched alkanes of at least 4 members (excludes halogenated alkanes) is 4. The maximum absolute atomic E-state index is 12.9. The van der Waals surface area contributed by atoms with E-state index < -0.39 is 6.16 Å². The topological polar surface area (TPSA) is 197 Å². The number of hydrogen-bond donors (Lipinski definition) is 3. The number of ether oxygens (including phenoxy) is 6. The number of hydrogen-bond acceptors (Lipinski definition) is 12. The van der Waals surface area contributed by atoms with Gasteiger partial charge < -0.3 is 39.6 Å². The molecule has 388 valence electrons. The number of nitrogens with two attached hydrogens (primary N) is 1. The number of allylic oxidation sites excluding steroid dienone is 1. The number of fused-ring (bicyclic) bond motifs is 5. The van der Waals surface area contributed by atoms with Gasteiger partial charge in [-0.3, -0.25) is 19.8 Å². The Bertz CT molecular complexity index is 1590. The van der Waals surface area contributed by atoms with E-state index >= 15 is 0 Å². The molecule has 0 aliphatic heterocycles. The molecule has 4 N–H and O–H groups in total. The summed E-state index contributed by atoms with van der Waals surface area (Å²) in [6, 6.07) is 0. The highest BCUT2D eigenvalue weighted by molar-refractivity contribution is 5.80. The maximum Gasteiger partial charge on any atom is 0.508 e. The van der Waals surface area contributed by atoms with Crippen molar-refractivity contribution in [2.45, 2.75) is 202 Å². The van der Waals surface area contributed by atoms with Crippen molar-refractivity contribution < 1.29 is 47.6 Å². The van der Waals surface area contributed by atoms with Gasteiger partial charge in [-0.1, -0.05) is 78.4 Å². The van der Waals surface area contributed by atoms with Crippen LogP contribution >= 0.6 is 0 Å². The van der Waals surface area contributed by atoms with Crippen molar-refractivity contribution >= 4 is 35.4 Å². The molecule has 0 spiro atoms. The molecule has 0 aromatic heterocycles. The van der Waals surface area contributed by atoms with E-state index in [9.17, 15) is 19.2 Å². The third kappa shape index (κ3) is 19.1. The molecule has 0 amide bonds. The Hall–Kier alpha value is -3.32. The van der Waals surface area contributed by atoms with Crippen LogP contribution in [0.3, 0.4) is 0 Å². The van der Waals surface area contributed by atoms with E-state index in [2.05, 4.69) is 40.7 Å². The largest absolute Gasteiger partial charge is 0.508 e. The fourth-order valence-electron chi connectivity index (χ4n) is 12.7.